The normalized spacial score (nSPS) is 11.4. The van der Waals surface area contributed by atoms with Crippen LogP contribution in [0.5, 0.6) is 0 Å². The molecule has 1 aromatic rings. The number of benzene rings is 1. The van der Waals surface area contributed by atoms with Crippen LogP contribution in [0.1, 0.15) is 30.9 Å². The molecular formula is C15H23NO4S. The third-order valence-corrected chi connectivity index (χ3v) is 4.64. The number of carbonyl (C=O) groups is 1. The summed E-state index contributed by atoms with van der Waals surface area (Å²) >= 11 is 0. The lowest BCUT2D eigenvalue weighted by Gasteiger charge is -2.16. The van der Waals surface area contributed by atoms with E-state index in [0.29, 0.717) is 17.7 Å². The van der Waals surface area contributed by atoms with E-state index >= 15 is 0 Å². The van der Waals surface area contributed by atoms with Gasteiger partial charge in [-0.15, -0.1) is 0 Å². The first-order chi connectivity index (χ1) is 9.88. The summed E-state index contributed by atoms with van der Waals surface area (Å²) in [6, 6.07) is 6.75. The minimum Gasteiger partial charge on any atom is -0.392 e. The third kappa shape index (κ3) is 6.27. The summed E-state index contributed by atoms with van der Waals surface area (Å²) in [5, 5.41) is 9.05. The molecule has 6 heteroatoms. The molecule has 118 valence electrons. The van der Waals surface area contributed by atoms with Gasteiger partial charge in [-0.25, -0.2) is 8.42 Å². The van der Waals surface area contributed by atoms with E-state index in [-0.39, 0.29) is 18.3 Å². The third-order valence-electron chi connectivity index (χ3n) is 3.18. The van der Waals surface area contributed by atoms with Crippen LogP contribution in [0.4, 0.5) is 0 Å². The van der Waals surface area contributed by atoms with Gasteiger partial charge in [-0.05, 0) is 17.5 Å². The molecule has 1 aromatic carbocycles. The van der Waals surface area contributed by atoms with Crippen molar-refractivity contribution in [2.75, 3.05) is 19.3 Å². The van der Waals surface area contributed by atoms with Crippen molar-refractivity contribution in [3.63, 3.8) is 0 Å². The standard InChI is InChI=1S/C15H23NO4S/c1-3-4-8-16(2)15(18)12-21(19,20)11-14-7-5-6-13(9-14)10-17/h5-7,9,17H,3-4,8,10-12H2,1-2H3. The lowest BCUT2D eigenvalue weighted by atomic mass is 10.1. The Labute approximate surface area is 126 Å². The van der Waals surface area contributed by atoms with E-state index in [1.807, 2.05) is 6.92 Å². The first kappa shape index (κ1) is 17.7. The number of unbranched alkanes of at least 4 members (excludes halogenated alkanes) is 1. The van der Waals surface area contributed by atoms with Gasteiger partial charge in [0.05, 0.1) is 12.4 Å². The monoisotopic (exact) mass is 313 g/mol. The maximum Gasteiger partial charge on any atom is 0.237 e. The molecule has 0 unspecified atom stereocenters. The minimum absolute atomic E-state index is 0.132. The number of aliphatic hydroxyl groups excluding tert-OH is 1. The van der Waals surface area contributed by atoms with Gasteiger partial charge >= 0.3 is 0 Å². The second-order valence-corrected chi connectivity index (χ2v) is 7.24. The molecular weight excluding hydrogens is 290 g/mol. The zero-order valence-corrected chi connectivity index (χ0v) is 13.4. The number of hydrogen-bond donors (Lipinski definition) is 1. The zero-order valence-electron chi connectivity index (χ0n) is 12.6. The van der Waals surface area contributed by atoms with Gasteiger partial charge in [0.1, 0.15) is 5.75 Å². The number of carbonyl (C=O) groups excluding carboxylic acids is 1. The van der Waals surface area contributed by atoms with Gasteiger partial charge in [-0.2, -0.15) is 0 Å². The molecule has 1 amide bonds. The van der Waals surface area contributed by atoms with E-state index in [4.69, 9.17) is 5.11 Å². The Morgan fingerprint density at radius 1 is 1.29 bits per heavy atom. The second kappa shape index (κ2) is 8.14. The van der Waals surface area contributed by atoms with Crippen LogP contribution >= 0.6 is 0 Å². The fourth-order valence-electron chi connectivity index (χ4n) is 1.94. The predicted octanol–water partition coefficient (Wildman–Crippen LogP) is 1.35. The molecule has 0 saturated heterocycles. The van der Waals surface area contributed by atoms with Crippen molar-refractivity contribution in [2.45, 2.75) is 32.1 Å². The van der Waals surface area contributed by atoms with Crippen molar-refractivity contribution in [1.82, 2.24) is 4.90 Å². The van der Waals surface area contributed by atoms with Crippen molar-refractivity contribution in [3.05, 3.63) is 35.4 Å². The molecule has 0 saturated carbocycles. The number of rotatable bonds is 8. The Morgan fingerprint density at radius 3 is 2.57 bits per heavy atom. The molecule has 0 bridgehead atoms. The van der Waals surface area contributed by atoms with Crippen LogP contribution in [0.15, 0.2) is 24.3 Å². The van der Waals surface area contributed by atoms with Gasteiger partial charge in [-0.1, -0.05) is 37.6 Å². The lowest BCUT2D eigenvalue weighted by molar-refractivity contribution is -0.127. The van der Waals surface area contributed by atoms with E-state index in [0.717, 1.165) is 12.8 Å². The Hall–Kier alpha value is -1.40. The van der Waals surface area contributed by atoms with Crippen molar-refractivity contribution < 1.29 is 18.3 Å². The van der Waals surface area contributed by atoms with Crippen LogP contribution in [0.3, 0.4) is 0 Å². The van der Waals surface area contributed by atoms with Gasteiger partial charge in [0, 0.05) is 13.6 Å². The Morgan fingerprint density at radius 2 is 1.95 bits per heavy atom. The summed E-state index contributed by atoms with van der Waals surface area (Å²) in [5.74, 6) is -1.04. The Kier molecular flexibility index (Phi) is 6.84. The van der Waals surface area contributed by atoms with E-state index < -0.39 is 15.6 Å². The molecule has 0 aromatic heterocycles. The molecule has 0 radical (unpaired) electrons. The molecule has 1 rings (SSSR count). The predicted molar refractivity (Wildman–Crippen MR) is 82.4 cm³/mol. The summed E-state index contributed by atoms with van der Waals surface area (Å²) < 4.78 is 24.2. The first-order valence-corrected chi connectivity index (χ1v) is 8.83. The van der Waals surface area contributed by atoms with Gasteiger partial charge in [-0.3, -0.25) is 4.79 Å². The molecule has 0 aliphatic rings. The highest BCUT2D eigenvalue weighted by Gasteiger charge is 2.20. The number of nitrogens with zero attached hydrogens (tertiary/aromatic N) is 1. The summed E-state index contributed by atoms with van der Waals surface area (Å²) in [5.41, 5.74) is 1.25. The summed E-state index contributed by atoms with van der Waals surface area (Å²) in [6.07, 6.45) is 1.82. The number of hydrogen-bond acceptors (Lipinski definition) is 4. The van der Waals surface area contributed by atoms with Gasteiger partial charge in [0.2, 0.25) is 5.91 Å². The topological polar surface area (TPSA) is 74.7 Å². The molecule has 0 atom stereocenters. The largest absolute Gasteiger partial charge is 0.392 e. The van der Waals surface area contributed by atoms with Crippen molar-refractivity contribution in [3.8, 4) is 0 Å². The molecule has 0 fully saturated rings. The van der Waals surface area contributed by atoms with Crippen LogP contribution in [-0.4, -0.2) is 43.7 Å². The Balaban J connectivity index is 2.66. The van der Waals surface area contributed by atoms with Crippen molar-refractivity contribution >= 4 is 15.7 Å². The number of sulfone groups is 1. The fraction of sp³-hybridized carbons (Fsp3) is 0.533. The zero-order chi connectivity index (χ0) is 15.9. The van der Waals surface area contributed by atoms with Crippen LogP contribution in [0.2, 0.25) is 0 Å². The molecule has 21 heavy (non-hydrogen) atoms. The SMILES string of the molecule is CCCCN(C)C(=O)CS(=O)(=O)Cc1cccc(CO)c1. The van der Waals surface area contributed by atoms with Crippen LogP contribution < -0.4 is 0 Å². The van der Waals surface area contributed by atoms with E-state index in [9.17, 15) is 13.2 Å². The van der Waals surface area contributed by atoms with E-state index in [2.05, 4.69) is 0 Å². The van der Waals surface area contributed by atoms with Crippen LogP contribution in [0.25, 0.3) is 0 Å². The lowest BCUT2D eigenvalue weighted by Crippen LogP contribution is -2.33. The van der Waals surface area contributed by atoms with E-state index in [1.54, 1.807) is 31.3 Å². The fourth-order valence-corrected chi connectivity index (χ4v) is 3.33. The average molecular weight is 313 g/mol. The van der Waals surface area contributed by atoms with E-state index in [1.165, 1.54) is 4.90 Å². The summed E-state index contributed by atoms with van der Waals surface area (Å²) in [7, 11) is -1.88. The van der Waals surface area contributed by atoms with Crippen molar-refractivity contribution in [2.24, 2.45) is 0 Å². The molecule has 5 nitrogen and oxygen atoms in total. The highest BCUT2D eigenvalue weighted by Crippen LogP contribution is 2.10. The van der Waals surface area contributed by atoms with Crippen LogP contribution in [-0.2, 0) is 27.0 Å². The quantitative estimate of drug-likeness (QED) is 0.786. The first-order valence-electron chi connectivity index (χ1n) is 7.01. The van der Waals surface area contributed by atoms with Crippen molar-refractivity contribution in [1.29, 1.82) is 0 Å². The summed E-state index contributed by atoms with van der Waals surface area (Å²) in [6.45, 7) is 2.46. The molecule has 0 spiro atoms. The van der Waals surface area contributed by atoms with Gasteiger partial charge in [0.15, 0.2) is 9.84 Å². The maximum absolute atomic E-state index is 12.1. The maximum atomic E-state index is 12.1. The smallest absolute Gasteiger partial charge is 0.237 e. The van der Waals surface area contributed by atoms with Gasteiger partial charge in [0.25, 0.3) is 0 Å². The van der Waals surface area contributed by atoms with Gasteiger partial charge < -0.3 is 10.0 Å². The highest BCUT2D eigenvalue weighted by atomic mass is 32.2. The molecule has 0 aliphatic heterocycles. The van der Waals surface area contributed by atoms with Crippen LogP contribution in [0, 0.1) is 0 Å². The highest BCUT2D eigenvalue weighted by molar-refractivity contribution is 7.91. The molecule has 0 aliphatic carbocycles. The Bertz CT molecular complexity index is 569. The molecule has 1 N–H and O–H groups in total. The molecule has 0 heterocycles. The second-order valence-electron chi connectivity index (χ2n) is 5.18. The average Bonchev–Trinajstić information content (AvgIpc) is 2.43. The number of aliphatic hydroxyl groups is 1. The summed E-state index contributed by atoms with van der Waals surface area (Å²) in [4.78, 5) is 13.3. The minimum atomic E-state index is -3.50. The number of amides is 1.